The van der Waals surface area contributed by atoms with Gasteiger partial charge in [-0.25, -0.2) is 4.39 Å². The minimum absolute atomic E-state index is 0.0635. The zero-order chi connectivity index (χ0) is 22.2. The molecule has 1 atom stereocenters. The molecule has 2 amide bonds. The van der Waals surface area contributed by atoms with Crippen molar-refractivity contribution in [2.75, 3.05) is 45.3 Å². The van der Waals surface area contributed by atoms with Gasteiger partial charge in [-0.2, -0.15) is 0 Å². The number of ether oxygens (including phenoxy) is 2. The second-order valence-electron chi connectivity index (χ2n) is 6.30. The smallest absolute Gasteiger partial charge is 0.237 e. The number of nitrogens with one attached hydrogen (secondary N) is 1. The second-order valence-corrected chi connectivity index (χ2v) is 6.57. The van der Waals surface area contributed by atoms with Crippen molar-refractivity contribution in [3.8, 4) is 0 Å². The van der Waals surface area contributed by atoms with E-state index in [1.165, 1.54) is 6.08 Å². The molecule has 1 aliphatic heterocycles. The SMILES string of the molecule is C=C(F)/C=C(/OCCOCCNC(=O)C1CCCN(C(=O)CCl)C1)C(=C)C.CC. The van der Waals surface area contributed by atoms with Gasteiger partial charge in [0, 0.05) is 25.7 Å². The highest BCUT2D eigenvalue weighted by molar-refractivity contribution is 6.27. The number of likely N-dealkylation sites (tertiary alicyclic amines) is 1. The summed E-state index contributed by atoms with van der Waals surface area (Å²) in [5.41, 5.74) is 0.593. The zero-order valence-electron chi connectivity index (χ0n) is 17.8. The highest BCUT2D eigenvalue weighted by Crippen LogP contribution is 2.17. The Bertz CT molecular complexity index is 581. The standard InChI is InChI=1S/C19H28ClFN2O4.C2H6/c1-14(2)17(11-15(3)21)27-10-9-26-8-6-22-19(25)16-5-4-7-23(13-16)18(24)12-20;1-2/h11,16H,1,3-10,12-13H2,2H3,(H,22,25);1-2H3/b17-11+;. The van der Waals surface area contributed by atoms with Crippen LogP contribution in [0.15, 0.2) is 36.4 Å². The molecule has 8 heteroatoms. The average molecular weight is 433 g/mol. The third kappa shape index (κ3) is 11.7. The maximum absolute atomic E-state index is 12.8. The van der Waals surface area contributed by atoms with E-state index in [4.69, 9.17) is 21.1 Å². The quantitative estimate of drug-likeness (QED) is 0.234. The molecule has 1 saturated heterocycles. The van der Waals surface area contributed by atoms with Crippen LogP contribution in [-0.4, -0.2) is 62.0 Å². The van der Waals surface area contributed by atoms with Crippen LogP contribution in [0.2, 0.25) is 0 Å². The summed E-state index contributed by atoms with van der Waals surface area (Å²) in [6, 6.07) is 0. The van der Waals surface area contributed by atoms with Crippen molar-refractivity contribution in [1.82, 2.24) is 10.2 Å². The third-order valence-electron chi connectivity index (χ3n) is 4.00. The van der Waals surface area contributed by atoms with Gasteiger partial charge in [-0.05, 0) is 25.3 Å². The second kappa shape index (κ2) is 16.0. The van der Waals surface area contributed by atoms with Crippen molar-refractivity contribution >= 4 is 23.4 Å². The molecule has 0 aromatic carbocycles. The molecule has 1 N–H and O–H groups in total. The minimum Gasteiger partial charge on any atom is -0.491 e. The molecule has 1 rings (SSSR count). The minimum atomic E-state index is -0.606. The van der Waals surface area contributed by atoms with Crippen molar-refractivity contribution in [2.45, 2.75) is 33.6 Å². The molecule has 0 spiro atoms. The number of hydrogen-bond acceptors (Lipinski definition) is 4. The number of piperidine rings is 1. The molecular formula is C21H34ClFN2O4. The number of amides is 2. The molecule has 29 heavy (non-hydrogen) atoms. The van der Waals surface area contributed by atoms with Gasteiger partial charge >= 0.3 is 0 Å². The van der Waals surface area contributed by atoms with Crippen LogP contribution in [0, 0.1) is 5.92 Å². The molecule has 166 valence electrons. The fraction of sp³-hybridized carbons (Fsp3) is 0.619. The van der Waals surface area contributed by atoms with Gasteiger partial charge < -0.3 is 19.7 Å². The Balaban J connectivity index is 0.00000379. The summed E-state index contributed by atoms with van der Waals surface area (Å²) >= 11 is 5.57. The molecule has 1 unspecified atom stereocenters. The van der Waals surface area contributed by atoms with Gasteiger partial charge in [-0.3, -0.25) is 9.59 Å². The van der Waals surface area contributed by atoms with Crippen molar-refractivity contribution in [3.05, 3.63) is 36.4 Å². The van der Waals surface area contributed by atoms with E-state index < -0.39 is 5.83 Å². The monoisotopic (exact) mass is 432 g/mol. The highest BCUT2D eigenvalue weighted by Gasteiger charge is 2.27. The lowest BCUT2D eigenvalue weighted by atomic mass is 9.97. The largest absolute Gasteiger partial charge is 0.491 e. The van der Waals surface area contributed by atoms with Gasteiger partial charge in [0.25, 0.3) is 0 Å². The number of carbonyl (C=O) groups excluding carboxylic acids is 2. The summed E-state index contributed by atoms with van der Waals surface area (Å²) in [6.45, 7) is 14.8. The van der Waals surface area contributed by atoms with Gasteiger partial charge in [0.15, 0.2) is 0 Å². The fourth-order valence-electron chi connectivity index (χ4n) is 2.64. The van der Waals surface area contributed by atoms with Crippen molar-refractivity contribution in [3.63, 3.8) is 0 Å². The Labute approximate surface area is 178 Å². The summed E-state index contributed by atoms with van der Waals surface area (Å²) in [4.78, 5) is 25.5. The van der Waals surface area contributed by atoms with Crippen LogP contribution in [0.1, 0.15) is 33.6 Å². The van der Waals surface area contributed by atoms with Gasteiger partial charge in [-0.1, -0.05) is 27.0 Å². The topological polar surface area (TPSA) is 67.9 Å². The van der Waals surface area contributed by atoms with E-state index in [-0.39, 0.29) is 30.2 Å². The Morgan fingerprint density at radius 3 is 2.55 bits per heavy atom. The maximum Gasteiger partial charge on any atom is 0.237 e. The number of allylic oxidation sites excluding steroid dienone is 3. The molecule has 1 aliphatic rings. The van der Waals surface area contributed by atoms with E-state index in [1.54, 1.807) is 11.8 Å². The van der Waals surface area contributed by atoms with Gasteiger partial charge in [0.1, 0.15) is 24.1 Å². The molecular weight excluding hydrogens is 399 g/mol. The van der Waals surface area contributed by atoms with Gasteiger partial charge in [0.05, 0.1) is 19.1 Å². The molecule has 1 heterocycles. The molecule has 1 fully saturated rings. The predicted molar refractivity (Wildman–Crippen MR) is 114 cm³/mol. The molecule has 0 radical (unpaired) electrons. The van der Waals surface area contributed by atoms with Crippen LogP contribution in [0.4, 0.5) is 4.39 Å². The van der Waals surface area contributed by atoms with Gasteiger partial charge in [-0.15, -0.1) is 11.6 Å². The Morgan fingerprint density at radius 2 is 1.97 bits per heavy atom. The maximum atomic E-state index is 12.8. The van der Waals surface area contributed by atoms with E-state index in [9.17, 15) is 14.0 Å². The molecule has 0 aromatic rings. The summed E-state index contributed by atoms with van der Waals surface area (Å²) in [5, 5.41) is 2.81. The lowest BCUT2D eigenvalue weighted by Crippen LogP contribution is -2.46. The Kier molecular flexibility index (Phi) is 15.0. The van der Waals surface area contributed by atoms with Gasteiger partial charge in [0.2, 0.25) is 11.8 Å². The fourth-order valence-corrected chi connectivity index (χ4v) is 2.80. The third-order valence-corrected chi connectivity index (χ3v) is 4.23. The van der Waals surface area contributed by atoms with Crippen LogP contribution in [0.5, 0.6) is 0 Å². The number of halogens is 2. The number of alkyl halides is 1. The van der Waals surface area contributed by atoms with Crippen LogP contribution in [-0.2, 0) is 19.1 Å². The van der Waals surface area contributed by atoms with E-state index in [0.29, 0.717) is 44.2 Å². The molecule has 0 aliphatic carbocycles. The number of nitrogens with zero attached hydrogens (tertiary/aromatic N) is 1. The van der Waals surface area contributed by atoms with E-state index in [2.05, 4.69) is 18.5 Å². The zero-order valence-corrected chi connectivity index (χ0v) is 18.5. The summed E-state index contributed by atoms with van der Waals surface area (Å²) < 4.78 is 23.6. The highest BCUT2D eigenvalue weighted by atomic mass is 35.5. The van der Waals surface area contributed by atoms with E-state index >= 15 is 0 Å². The Hall–Kier alpha value is -1.86. The van der Waals surface area contributed by atoms with E-state index in [1.807, 2.05) is 13.8 Å². The molecule has 0 saturated carbocycles. The first-order valence-electron chi connectivity index (χ1n) is 9.89. The first-order chi connectivity index (χ1) is 13.8. The van der Waals surface area contributed by atoms with Crippen LogP contribution < -0.4 is 5.32 Å². The average Bonchev–Trinajstić information content (AvgIpc) is 2.72. The summed E-state index contributed by atoms with van der Waals surface area (Å²) in [6.07, 6.45) is 2.71. The first-order valence-corrected chi connectivity index (χ1v) is 10.4. The summed E-state index contributed by atoms with van der Waals surface area (Å²) in [7, 11) is 0. The van der Waals surface area contributed by atoms with Crippen molar-refractivity contribution in [1.29, 1.82) is 0 Å². The van der Waals surface area contributed by atoms with Crippen molar-refractivity contribution < 1.29 is 23.5 Å². The first kappa shape index (κ1) is 27.1. The number of hydrogen-bond donors (Lipinski definition) is 1. The summed E-state index contributed by atoms with van der Waals surface area (Å²) in [5.74, 6) is -0.788. The van der Waals surface area contributed by atoms with Crippen LogP contribution in [0.25, 0.3) is 0 Å². The number of carbonyl (C=O) groups is 2. The van der Waals surface area contributed by atoms with Crippen molar-refractivity contribution in [2.24, 2.45) is 5.92 Å². The normalized spacial score (nSPS) is 16.4. The van der Waals surface area contributed by atoms with Crippen LogP contribution >= 0.6 is 11.6 Å². The molecule has 6 nitrogen and oxygen atoms in total. The molecule has 0 bridgehead atoms. The lowest BCUT2D eigenvalue weighted by molar-refractivity contribution is -0.133. The molecule has 0 aromatic heterocycles. The Morgan fingerprint density at radius 1 is 1.28 bits per heavy atom. The van der Waals surface area contributed by atoms with Crippen LogP contribution in [0.3, 0.4) is 0 Å². The van der Waals surface area contributed by atoms with E-state index in [0.717, 1.165) is 12.8 Å². The predicted octanol–water partition coefficient (Wildman–Crippen LogP) is 3.58. The lowest BCUT2D eigenvalue weighted by Gasteiger charge is -2.31. The number of rotatable bonds is 11.